The molecule has 0 aliphatic heterocycles. The number of carbonyl (C=O) groups excluding carboxylic acids is 2. The maximum Gasteiger partial charge on any atom is 0.240 e. The molecule has 0 aliphatic rings. The molecular weight excluding hydrogens is 180 g/mol. The summed E-state index contributed by atoms with van der Waals surface area (Å²) in [5.41, 5.74) is 5.21. The van der Waals surface area contributed by atoms with E-state index in [4.69, 9.17) is 5.73 Å². The Hall–Kier alpha value is -1.06. The van der Waals surface area contributed by atoms with Crippen molar-refractivity contribution < 1.29 is 9.59 Å². The Morgan fingerprint density at radius 2 is 1.79 bits per heavy atom. The SMILES string of the molecule is CCC(C)C(NC(=O)C(C)C)C(N)=O. The smallest absolute Gasteiger partial charge is 0.240 e. The molecule has 82 valence electrons. The van der Waals surface area contributed by atoms with Crippen LogP contribution in [0.25, 0.3) is 0 Å². The van der Waals surface area contributed by atoms with Crippen molar-refractivity contribution in [3.63, 3.8) is 0 Å². The lowest BCUT2D eigenvalue weighted by molar-refractivity contribution is -0.130. The molecule has 2 unspecified atom stereocenters. The van der Waals surface area contributed by atoms with Crippen LogP contribution >= 0.6 is 0 Å². The summed E-state index contributed by atoms with van der Waals surface area (Å²) in [6.07, 6.45) is 0.811. The Bertz CT molecular complexity index is 214. The van der Waals surface area contributed by atoms with Crippen molar-refractivity contribution in [3.05, 3.63) is 0 Å². The van der Waals surface area contributed by atoms with Crippen LogP contribution in [0, 0.1) is 11.8 Å². The zero-order valence-corrected chi connectivity index (χ0v) is 9.33. The topological polar surface area (TPSA) is 72.2 Å². The number of nitrogens with one attached hydrogen (secondary N) is 1. The third kappa shape index (κ3) is 3.77. The van der Waals surface area contributed by atoms with Crippen molar-refractivity contribution in [2.75, 3.05) is 0 Å². The standard InChI is InChI=1S/C10H20N2O2/c1-5-7(4)8(9(11)13)12-10(14)6(2)3/h6-8H,5H2,1-4H3,(H2,11,13)(H,12,14). The molecule has 3 N–H and O–H groups in total. The summed E-state index contributed by atoms with van der Waals surface area (Å²) in [5, 5.41) is 2.65. The Morgan fingerprint density at radius 3 is 2.07 bits per heavy atom. The summed E-state index contributed by atoms with van der Waals surface area (Å²) in [7, 11) is 0. The monoisotopic (exact) mass is 200 g/mol. The van der Waals surface area contributed by atoms with Gasteiger partial charge in [0, 0.05) is 5.92 Å². The second-order valence-electron chi connectivity index (χ2n) is 3.93. The molecular formula is C10H20N2O2. The minimum absolute atomic E-state index is 0.0789. The fraction of sp³-hybridized carbons (Fsp3) is 0.800. The largest absolute Gasteiger partial charge is 0.368 e. The maximum absolute atomic E-state index is 11.4. The number of nitrogens with two attached hydrogens (primary N) is 1. The quantitative estimate of drug-likeness (QED) is 0.684. The predicted molar refractivity (Wildman–Crippen MR) is 55.4 cm³/mol. The van der Waals surface area contributed by atoms with E-state index in [2.05, 4.69) is 5.32 Å². The maximum atomic E-state index is 11.4. The van der Waals surface area contributed by atoms with Crippen LogP contribution in [0.3, 0.4) is 0 Å². The second kappa shape index (κ2) is 5.62. The van der Waals surface area contributed by atoms with Crippen LogP contribution in [-0.4, -0.2) is 17.9 Å². The molecule has 2 atom stereocenters. The van der Waals surface area contributed by atoms with Crippen LogP contribution < -0.4 is 11.1 Å². The summed E-state index contributed by atoms with van der Waals surface area (Å²) >= 11 is 0. The first-order valence-corrected chi connectivity index (χ1v) is 4.99. The molecule has 0 aromatic rings. The highest BCUT2D eigenvalue weighted by Crippen LogP contribution is 2.08. The zero-order valence-electron chi connectivity index (χ0n) is 9.33. The molecule has 0 heterocycles. The van der Waals surface area contributed by atoms with Gasteiger partial charge in [-0.15, -0.1) is 0 Å². The van der Waals surface area contributed by atoms with Crippen LogP contribution in [0.15, 0.2) is 0 Å². The van der Waals surface area contributed by atoms with Gasteiger partial charge in [-0.2, -0.15) is 0 Å². The van der Waals surface area contributed by atoms with Crippen LogP contribution in [0.2, 0.25) is 0 Å². The summed E-state index contributed by atoms with van der Waals surface area (Å²) in [6, 6.07) is -0.546. The van der Waals surface area contributed by atoms with E-state index >= 15 is 0 Å². The van der Waals surface area contributed by atoms with E-state index in [9.17, 15) is 9.59 Å². The van der Waals surface area contributed by atoms with E-state index in [1.165, 1.54) is 0 Å². The minimum atomic E-state index is -0.546. The van der Waals surface area contributed by atoms with Crippen LogP contribution in [-0.2, 0) is 9.59 Å². The molecule has 14 heavy (non-hydrogen) atoms. The molecule has 4 heteroatoms. The molecule has 0 spiro atoms. The lowest BCUT2D eigenvalue weighted by atomic mass is 9.98. The first kappa shape index (κ1) is 12.9. The fourth-order valence-electron chi connectivity index (χ4n) is 1.05. The normalized spacial score (nSPS) is 14.9. The highest BCUT2D eigenvalue weighted by molar-refractivity contribution is 5.87. The van der Waals surface area contributed by atoms with Gasteiger partial charge in [0.1, 0.15) is 6.04 Å². The number of rotatable bonds is 5. The third-order valence-corrected chi connectivity index (χ3v) is 2.34. The van der Waals surface area contributed by atoms with Gasteiger partial charge in [-0.1, -0.05) is 34.1 Å². The van der Waals surface area contributed by atoms with Crippen molar-refractivity contribution in [3.8, 4) is 0 Å². The first-order chi connectivity index (χ1) is 6.40. The molecule has 0 fully saturated rings. The number of carbonyl (C=O) groups is 2. The Kier molecular flexibility index (Phi) is 5.20. The zero-order chi connectivity index (χ0) is 11.3. The van der Waals surface area contributed by atoms with Crippen molar-refractivity contribution in [1.29, 1.82) is 0 Å². The minimum Gasteiger partial charge on any atom is -0.368 e. The molecule has 0 radical (unpaired) electrons. The third-order valence-electron chi connectivity index (χ3n) is 2.34. The van der Waals surface area contributed by atoms with Gasteiger partial charge in [0.15, 0.2) is 0 Å². The highest BCUT2D eigenvalue weighted by Gasteiger charge is 2.24. The van der Waals surface area contributed by atoms with Gasteiger partial charge in [-0.05, 0) is 5.92 Å². The Morgan fingerprint density at radius 1 is 1.29 bits per heavy atom. The van der Waals surface area contributed by atoms with Gasteiger partial charge in [0.2, 0.25) is 11.8 Å². The van der Waals surface area contributed by atoms with Crippen molar-refractivity contribution in [1.82, 2.24) is 5.32 Å². The summed E-state index contributed by atoms with van der Waals surface area (Å²) in [4.78, 5) is 22.4. The lowest BCUT2D eigenvalue weighted by Crippen LogP contribution is -2.49. The Balaban J connectivity index is 4.38. The first-order valence-electron chi connectivity index (χ1n) is 4.99. The number of hydrogen-bond donors (Lipinski definition) is 2. The molecule has 0 rings (SSSR count). The number of primary amides is 1. The van der Waals surface area contributed by atoms with Gasteiger partial charge in [0.25, 0.3) is 0 Å². The van der Waals surface area contributed by atoms with Gasteiger partial charge >= 0.3 is 0 Å². The fourth-order valence-corrected chi connectivity index (χ4v) is 1.05. The van der Waals surface area contributed by atoms with Crippen molar-refractivity contribution in [2.45, 2.75) is 40.2 Å². The Labute approximate surface area is 85.2 Å². The number of hydrogen-bond acceptors (Lipinski definition) is 2. The average molecular weight is 200 g/mol. The predicted octanol–water partition coefficient (Wildman–Crippen LogP) is 0.659. The highest BCUT2D eigenvalue weighted by atomic mass is 16.2. The van der Waals surface area contributed by atoms with Gasteiger partial charge in [-0.25, -0.2) is 0 Å². The molecule has 0 bridgehead atoms. The van der Waals surface area contributed by atoms with E-state index in [1.54, 1.807) is 13.8 Å². The molecule has 4 nitrogen and oxygen atoms in total. The van der Waals surface area contributed by atoms with Crippen LogP contribution in [0.1, 0.15) is 34.1 Å². The molecule has 0 saturated heterocycles. The van der Waals surface area contributed by atoms with Crippen molar-refractivity contribution in [2.24, 2.45) is 17.6 Å². The van der Waals surface area contributed by atoms with Crippen LogP contribution in [0.5, 0.6) is 0 Å². The van der Waals surface area contributed by atoms with E-state index in [1.807, 2.05) is 13.8 Å². The van der Waals surface area contributed by atoms with Crippen LogP contribution in [0.4, 0.5) is 0 Å². The van der Waals surface area contributed by atoms with Gasteiger partial charge in [-0.3, -0.25) is 9.59 Å². The number of amides is 2. The summed E-state index contributed by atoms with van der Waals surface area (Å²) in [6.45, 7) is 7.42. The lowest BCUT2D eigenvalue weighted by Gasteiger charge is -2.22. The van der Waals surface area contributed by atoms with Gasteiger partial charge < -0.3 is 11.1 Å². The average Bonchev–Trinajstić information content (AvgIpc) is 2.11. The second-order valence-corrected chi connectivity index (χ2v) is 3.93. The van der Waals surface area contributed by atoms with Crippen molar-refractivity contribution >= 4 is 11.8 Å². The van der Waals surface area contributed by atoms with E-state index in [-0.39, 0.29) is 17.7 Å². The summed E-state index contributed by atoms with van der Waals surface area (Å²) in [5.74, 6) is -0.640. The van der Waals surface area contributed by atoms with E-state index in [0.717, 1.165) is 6.42 Å². The van der Waals surface area contributed by atoms with Gasteiger partial charge in [0.05, 0.1) is 0 Å². The molecule has 0 saturated carbocycles. The summed E-state index contributed by atoms with van der Waals surface area (Å²) < 4.78 is 0. The molecule has 2 amide bonds. The molecule has 0 aromatic carbocycles. The van der Waals surface area contributed by atoms with E-state index < -0.39 is 11.9 Å². The molecule has 0 aliphatic carbocycles. The molecule has 0 aromatic heterocycles. The van der Waals surface area contributed by atoms with E-state index in [0.29, 0.717) is 0 Å².